The van der Waals surface area contributed by atoms with Crippen molar-refractivity contribution in [3.8, 4) is 11.5 Å². The Hall–Kier alpha value is -3.51. The van der Waals surface area contributed by atoms with Gasteiger partial charge in [-0.05, 0) is 102 Å². The predicted octanol–water partition coefficient (Wildman–Crippen LogP) is 6.20. The third-order valence-corrected chi connectivity index (χ3v) is 11.3. The Morgan fingerprint density at radius 2 is 1.59 bits per heavy atom. The van der Waals surface area contributed by atoms with Crippen LogP contribution in [0.5, 0.6) is 11.5 Å². The summed E-state index contributed by atoms with van der Waals surface area (Å²) in [5, 5.41) is 10.7. The molecule has 2 heterocycles. The molecule has 0 radical (unpaired) electrons. The highest BCUT2D eigenvalue weighted by atomic mass is 127. The van der Waals surface area contributed by atoms with Gasteiger partial charge in [0.2, 0.25) is 23.6 Å². The minimum Gasteiger partial charge on any atom is -0.504 e. The minimum atomic E-state index is -1.18. The molecule has 3 aromatic carbocycles. The molecule has 2 aliphatic heterocycles. The van der Waals surface area contributed by atoms with Crippen molar-refractivity contribution in [2.45, 2.75) is 25.7 Å². The number of fused-ring (bicyclic) bond motifs is 4. The molecule has 3 fully saturated rings. The first-order valence-electron chi connectivity index (χ1n) is 14.4. The zero-order valence-corrected chi connectivity index (χ0v) is 27.6. The maximum absolute atomic E-state index is 14.5. The second-order valence-electron chi connectivity index (χ2n) is 12.0. The number of benzene rings is 3. The molecule has 0 bridgehead atoms. The highest BCUT2D eigenvalue weighted by molar-refractivity contribution is 14.1. The van der Waals surface area contributed by atoms with Crippen LogP contribution in [0.3, 0.4) is 0 Å². The van der Waals surface area contributed by atoms with E-state index in [2.05, 4.69) is 15.9 Å². The van der Waals surface area contributed by atoms with E-state index in [0.29, 0.717) is 26.9 Å². The van der Waals surface area contributed by atoms with Crippen LogP contribution in [-0.2, 0) is 19.2 Å². The van der Waals surface area contributed by atoms with E-state index in [1.54, 1.807) is 54.6 Å². The molecule has 10 heteroatoms. The van der Waals surface area contributed by atoms with E-state index in [-0.39, 0.29) is 41.5 Å². The summed E-state index contributed by atoms with van der Waals surface area (Å²) in [5.74, 6) is -3.88. The number of hydrogen-bond acceptors (Lipinski definition) is 6. The van der Waals surface area contributed by atoms with Crippen LogP contribution in [0.4, 0.5) is 11.4 Å². The highest BCUT2D eigenvalue weighted by Gasteiger charge is 2.67. The van der Waals surface area contributed by atoms with Crippen molar-refractivity contribution in [1.82, 2.24) is 0 Å². The topological polar surface area (TPSA) is 104 Å². The molecular formula is C34H28BrIN2O6. The fourth-order valence-corrected chi connectivity index (χ4v) is 8.87. The molecule has 1 saturated carbocycles. The molecule has 0 unspecified atom stereocenters. The lowest BCUT2D eigenvalue weighted by Gasteiger charge is -2.49. The Labute approximate surface area is 276 Å². The average Bonchev–Trinajstić information content (AvgIpc) is 3.39. The lowest BCUT2D eigenvalue weighted by molar-refractivity contribution is -0.131. The smallest absolute Gasteiger partial charge is 0.241 e. The second-order valence-corrected chi connectivity index (χ2v) is 14.1. The largest absolute Gasteiger partial charge is 0.504 e. The second kappa shape index (κ2) is 10.5. The average molecular weight is 767 g/mol. The minimum absolute atomic E-state index is 0.00922. The number of amides is 4. The molecule has 0 spiro atoms. The monoisotopic (exact) mass is 766 g/mol. The van der Waals surface area contributed by atoms with Gasteiger partial charge < -0.3 is 9.84 Å². The summed E-state index contributed by atoms with van der Waals surface area (Å²) in [5.41, 5.74) is 1.42. The fraction of sp³-hybridized carbons (Fsp3) is 0.294. The first kappa shape index (κ1) is 29.2. The molecule has 1 N–H and O–H groups in total. The SMILES string of the molecule is COc1cc([C@H]2C3=CC[C@@H]4C(=O)N(c5ccc(Br)cc5)C(=O)[C@@H]4[C@@H]3C[C@H]3C(=O)N(c4ccccc4)C(=O)[C@@]23C)cc(I)c1O. The predicted molar refractivity (Wildman–Crippen MR) is 175 cm³/mol. The molecule has 7 rings (SSSR count). The molecule has 2 saturated heterocycles. The number of carbonyl (C=O) groups excluding carboxylic acids is 4. The molecular weight excluding hydrogens is 739 g/mol. The van der Waals surface area contributed by atoms with Gasteiger partial charge in [0.1, 0.15) is 0 Å². The van der Waals surface area contributed by atoms with Crippen LogP contribution in [0.25, 0.3) is 0 Å². The zero-order chi connectivity index (χ0) is 31.1. The summed E-state index contributed by atoms with van der Waals surface area (Å²) in [6.45, 7) is 1.84. The van der Waals surface area contributed by atoms with E-state index in [9.17, 15) is 24.3 Å². The van der Waals surface area contributed by atoms with Crippen molar-refractivity contribution in [3.63, 3.8) is 0 Å². The molecule has 2 aliphatic carbocycles. The lowest BCUT2D eigenvalue weighted by Crippen LogP contribution is -2.48. The van der Waals surface area contributed by atoms with E-state index in [1.165, 1.54) is 16.9 Å². The number of allylic oxidation sites excluding steroid dienone is 2. The van der Waals surface area contributed by atoms with E-state index in [4.69, 9.17) is 4.74 Å². The van der Waals surface area contributed by atoms with Crippen LogP contribution in [-0.4, -0.2) is 35.8 Å². The summed E-state index contributed by atoms with van der Waals surface area (Å²) in [7, 11) is 1.47. The molecule has 224 valence electrons. The number of ether oxygens (including phenoxy) is 1. The Bertz CT molecular complexity index is 1780. The van der Waals surface area contributed by atoms with Crippen LogP contribution in [0.15, 0.2) is 82.9 Å². The van der Waals surface area contributed by atoms with Crippen molar-refractivity contribution in [2.24, 2.45) is 29.1 Å². The fourth-order valence-electron chi connectivity index (χ4n) is 7.98. The number of phenols is 1. The van der Waals surface area contributed by atoms with E-state index in [1.807, 2.05) is 47.7 Å². The number of anilines is 2. The number of hydrogen-bond donors (Lipinski definition) is 1. The van der Waals surface area contributed by atoms with Crippen molar-refractivity contribution in [1.29, 1.82) is 0 Å². The van der Waals surface area contributed by atoms with E-state index >= 15 is 0 Å². The number of carbonyl (C=O) groups is 4. The third-order valence-electron chi connectivity index (χ3n) is 9.98. The summed E-state index contributed by atoms with van der Waals surface area (Å²) in [6, 6.07) is 19.5. The number of rotatable bonds is 4. The van der Waals surface area contributed by atoms with Crippen molar-refractivity contribution in [2.75, 3.05) is 16.9 Å². The van der Waals surface area contributed by atoms with Crippen molar-refractivity contribution < 1.29 is 29.0 Å². The van der Waals surface area contributed by atoms with Crippen LogP contribution < -0.4 is 14.5 Å². The Morgan fingerprint density at radius 3 is 2.27 bits per heavy atom. The summed E-state index contributed by atoms with van der Waals surface area (Å²) < 4.78 is 6.88. The number of halogens is 2. The Morgan fingerprint density at radius 1 is 0.909 bits per heavy atom. The van der Waals surface area contributed by atoms with Crippen LogP contribution in [0.1, 0.15) is 31.2 Å². The molecule has 8 nitrogen and oxygen atoms in total. The van der Waals surface area contributed by atoms with Gasteiger partial charge in [-0.25, -0.2) is 4.90 Å². The van der Waals surface area contributed by atoms with Crippen LogP contribution in [0, 0.1) is 32.7 Å². The Balaban J connectivity index is 1.39. The first-order valence-corrected chi connectivity index (χ1v) is 16.3. The van der Waals surface area contributed by atoms with Gasteiger partial charge in [0, 0.05) is 10.4 Å². The normalized spacial score (nSPS) is 29.4. The standard InChI is InChI=1S/C34H28BrIN2O6/c1-34-24(31(41)38(33(34)43)19-6-4-3-5-7-19)16-23-21(28(34)17-14-25(36)29(39)26(15-17)44-2)12-13-22-27(23)32(42)37(30(22)40)20-10-8-18(35)9-11-20/h3-12,14-15,22-24,27-28,39H,13,16H2,1-2H3/t22-,23+,24-,27-,28-,34+/m0/s1. The third kappa shape index (κ3) is 4.06. The molecule has 44 heavy (non-hydrogen) atoms. The lowest BCUT2D eigenvalue weighted by atomic mass is 9.51. The van der Waals surface area contributed by atoms with Gasteiger partial charge in [-0.3, -0.25) is 24.1 Å². The van der Waals surface area contributed by atoms with Gasteiger partial charge in [-0.2, -0.15) is 0 Å². The molecule has 4 amide bonds. The molecule has 4 aliphatic rings. The van der Waals surface area contributed by atoms with Gasteiger partial charge in [-0.15, -0.1) is 0 Å². The molecule has 6 atom stereocenters. The number of phenolic OH excluding ortho intramolecular Hbond substituents is 1. The van der Waals surface area contributed by atoms with Gasteiger partial charge >= 0.3 is 0 Å². The van der Waals surface area contributed by atoms with Gasteiger partial charge in [0.15, 0.2) is 11.5 Å². The maximum Gasteiger partial charge on any atom is 0.241 e. The van der Waals surface area contributed by atoms with Crippen LogP contribution >= 0.6 is 38.5 Å². The summed E-state index contributed by atoms with van der Waals surface area (Å²) in [6.07, 6.45) is 2.64. The van der Waals surface area contributed by atoms with E-state index < -0.39 is 35.0 Å². The summed E-state index contributed by atoms with van der Waals surface area (Å²) in [4.78, 5) is 59.3. The molecule has 0 aromatic heterocycles. The zero-order valence-electron chi connectivity index (χ0n) is 23.9. The van der Waals surface area contributed by atoms with Crippen molar-refractivity contribution >= 4 is 73.5 Å². The maximum atomic E-state index is 14.5. The number of nitrogens with zero attached hydrogens (tertiary/aromatic N) is 2. The van der Waals surface area contributed by atoms with Crippen LogP contribution in [0.2, 0.25) is 0 Å². The number of methoxy groups -OCH3 is 1. The number of imide groups is 2. The first-order chi connectivity index (χ1) is 21.1. The quantitative estimate of drug-likeness (QED) is 0.193. The number of para-hydroxylation sites is 1. The Kier molecular flexibility index (Phi) is 7.00. The van der Waals surface area contributed by atoms with Crippen molar-refractivity contribution in [3.05, 3.63) is 92.0 Å². The summed E-state index contributed by atoms with van der Waals surface area (Å²) >= 11 is 5.45. The van der Waals surface area contributed by atoms with Gasteiger partial charge in [0.05, 0.1) is 45.2 Å². The highest BCUT2D eigenvalue weighted by Crippen LogP contribution is 2.64. The number of aromatic hydroxyl groups is 1. The molecule has 3 aromatic rings. The van der Waals surface area contributed by atoms with E-state index in [0.717, 1.165) is 10.0 Å². The van der Waals surface area contributed by atoms with Gasteiger partial charge in [-0.1, -0.05) is 45.8 Å². The van der Waals surface area contributed by atoms with Gasteiger partial charge in [0.25, 0.3) is 0 Å².